The number of hydrazine groups is 1. The van der Waals surface area contributed by atoms with Gasteiger partial charge < -0.3 is 19.2 Å². The molecule has 3 heterocycles. The van der Waals surface area contributed by atoms with Crippen molar-refractivity contribution >= 4 is 11.8 Å². The monoisotopic (exact) mass is 439 g/mol. The number of hydrogen-bond donors (Lipinski definition) is 1. The summed E-state index contributed by atoms with van der Waals surface area (Å²) < 4.78 is 11.2. The average Bonchev–Trinajstić information content (AvgIpc) is 3.33. The van der Waals surface area contributed by atoms with Gasteiger partial charge in [-0.25, -0.2) is 10.2 Å². The topological polar surface area (TPSA) is 83.7 Å². The molecule has 8 heteroatoms. The van der Waals surface area contributed by atoms with E-state index < -0.39 is 5.60 Å². The highest BCUT2D eigenvalue weighted by atomic mass is 16.6. The molecule has 2 fully saturated rings. The lowest BCUT2D eigenvalue weighted by Crippen LogP contribution is -2.46. The van der Waals surface area contributed by atoms with Crippen LogP contribution in [0.2, 0.25) is 0 Å². The molecule has 1 amide bonds. The third kappa shape index (κ3) is 4.08. The number of anilines is 1. The second-order valence-electron chi connectivity index (χ2n) is 10.3. The molecular formula is C24H33N5O3. The minimum Gasteiger partial charge on any atom is -0.444 e. The summed E-state index contributed by atoms with van der Waals surface area (Å²) in [6.07, 6.45) is 5.12. The van der Waals surface area contributed by atoms with E-state index in [1.807, 2.05) is 25.7 Å². The lowest BCUT2D eigenvalue weighted by molar-refractivity contribution is 0.0100. The lowest BCUT2D eigenvalue weighted by atomic mass is 9.91. The number of benzene rings is 1. The van der Waals surface area contributed by atoms with Crippen LogP contribution in [-0.2, 0) is 11.3 Å². The third-order valence-electron chi connectivity index (χ3n) is 6.78. The third-order valence-corrected chi connectivity index (χ3v) is 6.78. The number of likely N-dealkylation sites (tertiary alicyclic amines) is 1. The molecule has 1 aliphatic carbocycles. The van der Waals surface area contributed by atoms with Crippen LogP contribution in [0.15, 0.2) is 22.7 Å². The van der Waals surface area contributed by atoms with E-state index in [1.165, 1.54) is 30.5 Å². The fraction of sp³-hybridized carbons (Fsp3) is 0.625. The van der Waals surface area contributed by atoms with Crippen LogP contribution in [0.4, 0.5) is 10.5 Å². The molecule has 2 aromatic rings. The second kappa shape index (κ2) is 8.06. The summed E-state index contributed by atoms with van der Waals surface area (Å²) in [4.78, 5) is 19.1. The number of aromatic nitrogens is 2. The van der Waals surface area contributed by atoms with Crippen LogP contribution in [0.3, 0.4) is 0 Å². The molecule has 5 rings (SSSR count). The smallest absolute Gasteiger partial charge is 0.410 e. The molecule has 172 valence electrons. The first-order valence-electron chi connectivity index (χ1n) is 11.8. The Morgan fingerprint density at radius 3 is 2.75 bits per heavy atom. The standard InChI is InChI=1S/C24H33N5O3/c1-15-12-16(10-11-28(15)23(30)31-24(2,3)4)21-26-22(32-27-21)17-8-9-18-14-25-29(20(18)13-17)19-6-5-7-19/h8-9,13,15-16,19,25H,5-7,10-12,14H2,1-4H3/t15-,16-/m1/s1. The van der Waals surface area contributed by atoms with Gasteiger partial charge in [0.1, 0.15) is 5.60 Å². The van der Waals surface area contributed by atoms with Crippen molar-refractivity contribution in [2.24, 2.45) is 0 Å². The van der Waals surface area contributed by atoms with Gasteiger partial charge >= 0.3 is 6.09 Å². The largest absolute Gasteiger partial charge is 0.444 e. The van der Waals surface area contributed by atoms with Gasteiger partial charge in [0.05, 0.1) is 5.69 Å². The Labute approximate surface area is 189 Å². The molecule has 0 radical (unpaired) electrons. The van der Waals surface area contributed by atoms with E-state index in [2.05, 4.69) is 40.7 Å². The number of carbonyl (C=O) groups excluding carboxylic acids is 1. The van der Waals surface area contributed by atoms with Crippen LogP contribution in [0.1, 0.15) is 77.1 Å². The highest BCUT2D eigenvalue weighted by Gasteiger charge is 2.35. The summed E-state index contributed by atoms with van der Waals surface area (Å²) in [5, 5.41) is 6.62. The van der Waals surface area contributed by atoms with Crippen molar-refractivity contribution in [3.8, 4) is 11.5 Å². The molecule has 0 bridgehead atoms. The van der Waals surface area contributed by atoms with Gasteiger partial charge in [0, 0.05) is 36.7 Å². The first-order valence-corrected chi connectivity index (χ1v) is 11.8. The number of hydrogen-bond acceptors (Lipinski definition) is 7. The van der Waals surface area contributed by atoms with E-state index in [1.54, 1.807) is 0 Å². The molecule has 1 aromatic carbocycles. The number of rotatable bonds is 3. The van der Waals surface area contributed by atoms with Gasteiger partial charge in [-0.2, -0.15) is 4.98 Å². The van der Waals surface area contributed by atoms with E-state index in [4.69, 9.17) is 14.2 Å². The Balaban J connectivity index is 1.27. The van der Waals surface area contributed by atoms with Crippen LogP contribution < -0.4 is 10.4 Å². The van der Waals surface area contributed by atoms with Crippen molar-refractivity contribution in [1.29, 1.82) is 0 Å². The zero-order chi connectivity index (χ0) is 22.5. The highest BCUT2D eigenvalue weighted by molar-refractivity contribution is 5.69. The van der Waals surface area contributed by atoms with Crippen LogP contribution >= 0.6 is 0 Å². The summed E-state index contributed by atoms with van der Waals surface area (Å²) in [5.74, 6) is 1.46. The number of nitrogens with one attached hydrogen (secondary N) is 1. The van der Waals surface area contributed by atoms with E-state index >= 15 is 0 Å². The summed E-state index contributed by atoms with van der Waals surface area (Å²) in [5.41, 5.74) is 6.52. The number of nitrogens with zero attached hydrogens (tertiary/aromatic N) is 4. The van der Waals surface area contributed by atoms with Crippen LogP contribution in [-0.4, -0.2) is 45.4 Å². The van der Waals surface area contributed by atoms with Gasteiger partial charge in [0.15, 0.2) is 5.82 Å². The molecule has 8 nitrogen and oxygen atoms in total. The molecule has 0 spiro atoms. The van der Waals surface area contributed by atoms with E-state index in [0.29, 0.717) is 18.5 Å². The summed E-state index contributed by atoms with van der Waals surface area (Å²) in [6, 6.07) is 7.03. The van der Waals surface area contributed by atoms with Crippen molar-refractivity contribution in [3.05, 3.63) is 29.6 Å². The molecule has 2 atom stereocenters. The van der Waals surface area contributed by atoms with Gasteiger partial charge in [-0.1, -0.05) is 11.2 Å². The molecule has 3 aliphatic rings. The van der Waals surface area contributed by atoms with Crippen molar-refractivity contribution in [3.63, 3.8) is 0 Å². The van der Waals surface area contributed by atoms with Gasteiger partial charge in [0.25, 0.3) is 5.89 Å². The highest BCUT2D eigenvalue weighted by Crippen LogP contribution is 2.37. The predicted molar refractivity (Wildman–Crippen MR) is 121 cm³/mol. The molecule has 0 unspecified atom stereocenters. The number of carbonyl (C=O) groups is 1. The van der Waals surface area contributed by atoms with Crippen molar-refractivity contribution < 1.29 is 14.1 Å². The van der Waals surface area contributed by atoms with Gasteiger partial charge in [0.2, 0.25) is 0 Å². The molecular weight excluding hydrogens is 406 g/mol. The zero-order valence-electron chi connectivity index (χ0n) is 19.4. The van der Waals surface area contributed by atoms with Gasteiger partial charge in [-0.15, -0.1) is 0 Å². The van der Waals surface area contributed by atoms with E-state index in [9.17, 15) is 4.79 Å². The number of amides is 1. The molecule has 2 aliphatic heterocycles. The Morgan fingerprint density at radius 1 is 1.25 bits per heavy atom. The SMILES string of the molecule is C[C@@H]1C[C@H](c2noc(-c3ccc4c(c3)N(C3CCC3)NC4)n2)CCN1C(=O)OC(C)(C)C. The Kier molecular flexibility index (Phi) is 5.35. The number of ether oxygens (including phenoxy) is 1. The first-order chi connectivity index (χ1) is 15.3. The van der Waals surface area contributed by atoms with E-state index in [-0.39, 0.29) is 18.1 Å². The molecule has 1 N–H and O–H groups in total. The molecule has 32 heavy (non-hydrogen) atoms. The average molecular weight is 440 g/mol. The van der Waals surface area contributed by atoms with Crippen LogP contribution in [0.5, 0.6) is 0 Å². The van der Waals surface area contributed by atoms with Crippen molar-refractivity contribution in [2.45, 2.75) is 89.9 Å². The fourth-order valence-corrected chi connectivity index (χ4v) is 4.81. The second-order valence-corrected chi connectivity index (χ2v) is 10.3. The minimum atomic E-state index is -0.490. The minimum absolute atomic E-state index is 0.0626. The Hall–Kier alpha value is -2.61. The molecule has 1 saturated heterocycles. The molecule has 1 saturated carbocycles. The normalized spacial score (nSPS) is 23.8. The lowest BCUT2D eigenvalue weighted by Gasteiger charge is -2.37. The Bertz CT molecular complexity index is 994. The summed E-state index contributed by atoms with van der Waals surface area (Å²) in [6.45, 7) is 9.23. The maximum Gasteiger partial charge on any atom is 0.410 e. The zero-order valence-corrected chi connectivity index (χ0v) is 19.4. The van der Waals surface area contributed by atoms with E-state index in [0.717, 1.165) is 30.8 Å². The fourth-order valence-electron chi connectivity index (χ4n) is 4.81. The van der Waals surface area contributed by atoms with Crippen molar-refractivity contribution in [1.82, 2.24) is 20.5 Å². The van der Waals surface area contributed by atoms with Crippen molar-refractivity contribution in [2.75, 3.05) is 11.6 Å². The van der Waals surface area contributed by atoms with Gasteiger partial charge in [-0.3, -0.25) is 0 Å². The maximum atomic E-state index is 12.5. The number of fused-ring (bicyclic) bond motifs is 1. The Morgan fingerprint density at radius 2 is 2.06 bits per heavy atom. The summed E-state index contributed by atoms with van der Waals surface area (Å²) >= 11 is 0. The first kappa shape index (κ1) is 21.2. The maximum absolute atomic E-state index is 12.5. The van der Waals surface area contributed by atoms with Gasteiger partial charge in [-0.05, 0) is 77.5 Å². The summed E-state index contributed by atoms with van der Waals surface area (Å²) in [7, 11) is 0. The quantitative estimate of drug-likeness (QED) is 0.747. The number of piperidine rings is 1. The van der Waals surface area contributed by atoms with Crippen LogP contribution in [0.25, 0.3) is 11.5 Å². The predicted octanol–water partition coefficient (Wildman–Crippen LogP) is 4.62. The van der Waals surface area contributed by atoms with Crippen LogP contribution in [0, 0.1) is 0 Å². The molecule has 1 aromatic heterocycles.